The third-order valence-corrected chi connectivity index (χ3v) is 4.01. The van der Waals surface area contributed by atoms with Crippen LogP contribution < -0.4 is 4.90 Å². The number of rotatable bonds is 4. The van der Waals surface area contributed by atoms with Crippen molar-refractivity contribution in [3.05, 3.63) is 42.4 Å². The number of nitrogens with zero attached hydrogens (tertiary/aromatic N) is 6. The van der Waals surface area contributed by atoms with Gasteiger partial charge in [0.2, 0.25) is 0 Å². The van der Waals surface area contributed by atoms with E-state index in [1.165, 1.54) is 6.33 Å². The maximum Gasteiger partial charge on any atom is 0.273 e. The Kier molecular flexibility index (Phi) is 4.95. The van der Waals surface area contributed by atoms with Gasteiger partial charge in [-0.2, -0.15) is 0 Å². The lowest BCUT2D eigenvalue weighted by Gasteiger charge is -2.34. The first kappa shape index (κ1) is 16.3. The molecule has 0 radical (unpaired) electrons. The molecule has 0 N–H and O–H groups in total. The van der Waals surface area contributed by atoms with Crippen molar-refractivity contribution < 1.29 is 9.53 Å². The van der Waals surface area contributed by atoms with Crippen molar-refractivity contribution in [3.63, 3.8) is 0 Å². The van der Waals surface area contributed by atoms with Crippen LogP contribution in [0.3, 0.4) is 0 Å². The molecule has 1 aliphatic heterocycles. The van der Waals surface area contributed by atoms with E-state index in [9.17, 15) is 4.79 Å². The number of ether oxygens (including phenoxy) is 1. The second-order valence-electron chi connectivity index (χ2n) is 5.47. The molecule has 0 aromatic carbocycles. The summed E-state index contributed by atoms with van der Waals surface area (Å²) in [4.78, 5) is 33.4. The zero-order chi connectivity index (χ0) is 16.9. The summed E-state index contributed by atoms with van der Waals surface area (Å²) in [5.74, 6) is 1.24. The first-order valence-corrected chi connectivity index (χ1v) is 7.89. The van der Waals surface area contributed by atoms with Crippen molar-refractivity contribution in [1.29, 1.82) is 0 Å². The van der Waals surface area contributed by atoms with E-state index in [0.717, 1.165) is 12.4 Å². The second-order valence-corrected chi connectivity index (χ2v) is 5.47. The molecule has 1 saturated heterocycles. The van der Waals surface area contributed by atoms with Crippen LogP contribution in [0.5, 0.6) is 0 Å². The molecule has 24 heavy (non-hydrogen) atoms. The summed E-state index contributed by atoms with van der Waals surface area (Å²) >= 11 is 0. The van der Waals surface area contributed by atoms with Crippen molar-refractivity contribution >= 4 is 11.7 Å². The molecule has 1 unspecified atom stereocenters. The predicted molar refractivity (Wildman–Crippen MR) is 87.6 cm³/mol. The van der Waals surface area contributed by atoms with E-state index in [-0.39, 0.29) is 11.9 Å². The van der Waals surface area contributed by atoms with Crippen LogP contribution in [-0.2, 0) is 4.74 Å². The third kappa shape index (κ3) is 3.33. The minimum Gasteiger partial charge on any atom is -0.377 e. The zero-order valence-corrected chi connectivity index (χ0v) is 13.8. The molecular weight excluding hydrogens is 308 g/mol. The van der Waals surface area contributed by atoms with Gasteiger partial charge in [-0.3, -0.25) is 4.79 Å². The Hall–Kier alpha value is -2.61. The molecule has 3 heterocycles. The lowest BCUT2D eigenvalue weighted by Crippen LogP contribution is -2.44. The van der Waals surface area contributed by atoms with Gasteiger partial charge >= 0.3 is 0 Å². The fourth-order valence-electron chi connectivity index (χ4n) is 2.52. The van der Waals surface area contributed by atoms with Gasteiger partial charge in [0, 0.05) is 32.5 Å². The number of morpholine rings is 1. The van der Waals surface area contributed by atoms with Crippen LogP contribution in [0.2, 0.25) is 0 Å². The second kappa shape index (κ2) is 7.31. The van der Waals surface area contributed by atoms with E-state index in [1.807, 2.05) is 18.0 Å². The van der Waals surface area contributed by atoms with Crippen LogP contribution in [-0.4, -0.2) is 64.1 Å². The Bertz CT molecular complexity index is 696. The Morgan fingerprint density at radius 1 is 1.38 bits per heavy atom. The van der Waals surface area contributed by atoms with E-state index in [1.54, 1.807) is 23.4 Å². The van der Waals surface area contributed by atoms with Crippen molar-refractivity contribution in [1.82, 2.24) is 24.8 Å². The van der Waals surface area contributed by atoms with E-state index in [0.29, 0.717) is 31.3 Å². The first-order chi connectivity index (χ1) is 11.7. The Balaban J connectivity index is 1.89. The van der Waals surface area contributed by atoms with Gasteiger partial charge in [-0.25, -0.2) is 19.9 Å². The monoisotopic (exact) mass is 328 g/mol. The van der Waals surface area contributed by atoms with Gasteiger partial charge in [-0.15, -0.1) is 0 Å². The lowest BCUT2D eigenvalue weighted by atomic mass is 10.2. The minimum absolute atomic E-state index is 0.163. The highest BCUT2D eigenvalue weighted by atomic mass is 16.5. The van der Waals surface area contributed by atoms with Crippen molar-refractivity contribution in [2.45, 2.75) is 13.0 Å². The fraction of sp³-hybridized carbons (Fsp3) is 0.438. The van der Waals surface area contributed by atoms with Gasteiger partial charge in [0.1, 0.15) is 23.9 Å². The summed E-state index contributed by atoms with van der Waals surface area (Å²) in [5, 5.41) is 0. The highest BCUT2D eigenvalue weighted by Gasteiger charge is 2.32. The summed E-state index contributed by atoms with van der Waals surface area (Å²) in [6.07, 6.45) is 4.64. The molecule has 0 aliphatic carbocycles. The molecule has 2 aromatic heterocycles. The van der Waals surface area contributed by atoms with Gasteiger partial charge in [-0.05, 0) is 19.1 Å². The highest BCUT2D eigenvalue weighted by Crippen LogP contribution is 2.24. The number of amides is 1. The average molecular weight is 328 g/mol. The van der Waals surface area contributed by atoms with Gasteiger partial charge < -0.3 is 14.5 Å². The average Bonchev–Trinajstić information content (AvgIpc) is 2.67. The zero-order valence-electron chi connectivity index (χ0n) is 13.8. The van der Waals surface area contributed by atoms with E-state index < -0.39 is 0 Å². The standard InChI is InChI=1S/C16H20N6O2/c1-3-21(2)14-5-7-18-15(20-14)13-10-24-9-8-22(13)16(23)12-4-6-17-11-19-12/h4-7,11,13H,3,8-10H2,1-2H3. The topological polar surface area (TPSA) is 84.3 Å². The molecular formula is C16H20N6O2. The van der Waals surface area contributed by atoms with Crippen molar-refractivity contribution in [2.75, 3.05) is 38.3 Å². The van der Waals surface area contributed by atoms with Gasteiger partial charge in [0.15, 0.2) is 5.82 Å². The number of hydrogen-bond acceptors (Lipinski definition) is 7. The smallest absolute Gasteiger partial charge is 0.273 e. The van der Waals surface area contributed by atoms with Crippen LogP contribution in [0.15, 0.2) is 30.9 Å². The van der Waals surface area contributed by atoms with E-state index in [2.05, 4.69) is 26.9 Å². The molecule has 8 nitrogen and oxygen atoms in total. The summed E-state index contributed by atoms with van der Waals surface area (Å²) < 4.78 is 5.56. The molecule has 1 aliphatic rings. The van der Waals surface area contributed by atoms with Gasteiger partial charge in [0.25, 0.3) is 5.91 Å². The summed E-state index contributed by atoms with van der Waals surface area (Å²) in [6.45, 7) is 4.22. The normalized spacial score (nSPS) is 17.6. The Labute approximate surface area is 140 Å². The van der Waals surface area contributed by atoms with Crippen molar-refractivity contribution in [3.8, 4) is 0 Å². The summed E-state index contributed by atoms with van der Waals surface area (Å²) in [7, 11) is 1.97. The summed E-state index contributed by atoms with van der Waals surface area (Å²) in [6, 6.07) is 3.14. The molecule has 1 atom stereocenters. The third-order valence-electron chi connectivity index (χ3n) is 4.01. The molecule has 1 fully saturated rings. The molecule has 8 heteroatoms. The molecule has 0 bridgehead atoms. The first-order valence-electron chi connectivity index (χ1n) is 7.89. The lowest BCUT2D eigenvalue weighted by molar-refractivity contribution is -0.00551. The highest BCUT2D eigenvalue weighted by molar-refractivity contribution is 5.92. The fourth-order valence-corrected chi connectivity index (χ4v) is 2.52. The van der Waals surface area contributed by atoms with Crippen LogP contribution in [0.1, 0.15) is 29.3 Å². The largest absolute Gasteiger partial charge is 0.377 e. The van der Waals surface area contributed by atoms with Gasteiger partial charge in [-0.1, -0.05) is 0 Å². The quantitative estimate of drug-likeness (QED) is 0.825. The molecule has 3 rings (SSSR count). The van der Waals surface area contributed by atoms with E-state index in [4.69, 9.17) is 4.74 Å². The molecule has 1 amide bonds. The van der Waals surface area contributed by atoms with Crippen LogP contribution >= 0.6 is 0 Å². The maximum atomic E-state index is 12.8. The molecule has 0 spiro atoms. The Morgan fingerprint density at radius 2 is 2.25 bits per heavy atom. The Morgan fingerprint density at radius 3 is 3.00 bits per heavy atom. The number of aromatic nitrogens is 4. The number of hydrogen-bond donors (Lipinski definition) is 0. The maximum absolute atomic E-state index is 12.8. The number of anilines is 1. The van der Waals surface area contributed by atoms with Gasteiger partial charge in [0.05, 0.1) is 13.2 Å². The van der Waals surface area contributed by atoms with Crippen molar-refractivity contribution in [2.24, 2.45) is 0 Å². The van der Waals surface area contributed by atoms with Crippen LogP contribution in [0, 0.1) is 0 Å². The molecule has 0 saturated carbocycles. The van der Waals surface area contributed by atoms with E-state index >= 15 is 0 Å². The molecule has 2 aromatic rings. The predicted octanol–water partition coefficient (Wildman–Crippen LogP) is 0.936. The SMILES string of the molecule is CCN(C)c1ccnc(C2COCCN2C(=O)c2ccncn2)n1. The molecule has 126 valence electrons. The number of carbonyl (C=O) groups is 1. The number of carbonyl (C=O) groups excluding carboxylic acids is 1. The minimum atomic E-state index is -0.327. The van der Waals surface area contributed by atoms with Crippen LogP contribution in [0.4, 0.5) is 5.82 Å². The van der Waals surface area contributed by atoms with Crippen LogP contribution in [0.25, 0.3) is 0 Å². The summed E-state index contributed by atoms with van der Waals surface area (Å²) in [5.41, 5.74) is 0.360.